The van der Waals surface area contributed by atoms with Crippen molar-refractivity contribution in [2.75, 3.05) is 6.61 Å². The molecule has 1 aliphatic carbocycles. The van der Waals surface area contributed by atoms with Crippen molar-refractivity contribution in [2.45, 2.75) is 71.1 Å². The van der Waals surface area contributed by atoms with Gasteiger partial charge >= 0.3 is 5.97 Å². The topological polar surface area (TPSA) is 58.6 Å². The van der Waals surface area contributed by atoms with Crippen LogP contribution >= 0.6 is 0 Å². The molecule has 4 nitrogen and oxygen atoms in total. The van der Waals surface area contributed by atoms with Crippen molar-refractivity contribution in [1.29, 1.82) is 0 Å². The predicted molar refractivity (Wildman–Crippen MR) is 71.7 cm³/mol. The fourth-order valence-corrected chi connectivity index (χ4v) is 2.59. The Morgan fingerprint density at radius 1 is 1.44 bits per heavy atom. The number of aliphatic carboxylic acids is 1. The average molecular weight is 257 g/mol. The van der Waals surface area contributed by atoms with Gasteiger partial charge in [-0.3, -0.25) is 4.79 Å². The van der Waals surface area contributed by atoms with E-state index in [1.54, 1.807) is 0 Å². The predicted octanol–water partition coefficient (Wildman–Crippen LogP) is 2.42. The standard InChI is InChI=1S/C14H27NO3/c1-4-11-6-5-7-12(8-11)18-9-13(14(16)17)15-10(2)3/h10-13,15H,4-9H2,1-3H3,(H,16,17). The molecule has 0 aromatic heterocycles. The van der Waals surface area contributed by atoms with E-state index < -0.39 is 12.0 Å². The van der Waals surface area contributed by atoms with Gasteiger partial charge in [0.15, 0.2) is 0 Å². The second kappa shape index (κ2) is 7.74. The van der Waals surface area contributed by atoms with E-state index in [0.717, 1.165) is 18.8 Å². The Kier molecular flexibility index (Phi) is 6.65. The van der Waals surface area contributed by atoms with Crippen LogP contribution in [0.5, 0.6) is 0 Å². The van der Waals surface area contributed by atoms with Gasteiger partial charge in [0.2, 0.25) is 0 Å². The molecule has 4 heteroatoms. The number of hydrogen-bond donors (Lipinski definition) is 2. The van der Waals surface area contributed by atoms with Gasteiger partial charge in [0.25, 0.3) is 0 Å². The summed E-state index contributed by atoms with van der Waals surface area (Å²) < 4.78 is 5.80. The Morgan fingerprint density at radius 3 is 2.72 bits per heavy atom. The second-order valence-electron chi connectivity index (χ2n) is 5.61. The summed E-state index contributed by atoms with van der Waals surface area (Å²) in [6.07, 6.45) is 6.11. The molecule has 1 saturated carbocycles. The Balaban J connectivity index is 2.34. The van der Waals surface area contributed by atoms with Gasteiger partial charge in [0.05, 0.1) is 12.7 Å². The lowest BCUT2D eigenvalue weighted by Crippen LogP contribution is -2.45. The van der Waals surface area contributed by atoms with Crippen molar-refractivity contribution in [1.82, 2.24) is 5.32 Å². The Labute approximate surface area is 110 Å². The van der Waals surface area contributed by atoms with E-state index >= 15 is 0 Å². The first-order valence-electron chi connectivity index (χ1n) is 7.13. The summed E-state index contributed by atoms with van der Waals surface area (Å²) in [5.41, 5.74) is 0. The van der Waals surface area contributed by atoms with E-state index in [2.05, 4.69) is 12.2 Å². The van der Waals surface area contributed by atoms with E-state index in [4.69, 9.17) is 9.84 Å². The van der Waals surface area contributed by atoms with Crippen LogP contribution in [-0.4, -0.2) is 35.9 Å². The molecular weight excluding hydrogens is 230 g/mol. The molecule has 1 aliphatic rings. The molecule has 18 heavy (non-hydrogen) atoms. The first-order chi connectivity index (χ1) is 8.52. The van der Waals surface area contributed by atoms with Crippen LogP contribution in [0.3, 0.4) is 0 Å². The third kappa shape index (κ3) is 5.36. The first-order valence-corrected chi connectivity index (χ1v) is 7.13. The maximum absolute atomic E-state index is 11.1. The molecule has 0 aliphatic heterocycles. The highest BCUT2D eigenvalue weighted by Crippen LogP contribution is 2.28. The van der Waals surface area contributed by atoms with Crippen LogP contribution in [0, 0.1) is 5.92 Å². The van der Waals surface area contributed by atoms with Crippen LogP contribution in [0.1, 0.15) is 52.9 Å². The number of rotatable bonds is 7. The van der Waals surface area contributed by atoms with Gasteiger partial charge in [-0.25, -0.2) is 0 Å². The van der Waals surface area contributed by atoms with Crippen molar-refractivity contribution >= 4 is 5.97 Å². The number of nitrogens with one attached hydrogen (secondary N) is 1. The average Bonchev–Trinajstić information content (AvgIpc) is 2.34. The molecule has 106 valence electrons. The van der Waals surface area contributed by atoms with Crippen LogP contribution in [0.15, 0.2) is 0 Å². The molecule has 0 amide bonds. The molecule has 0 heterocycles. The molecule has 3 atom stereocenters. The molecule has 1 fully saturated rings. The van der Waals surface area contributed by atoms with Crippen molar-refractivity contribution in [3.8, 4) is 0 Å². The van der Waals surface area contributed by atoms with Crippen LogP contribution < -0.4 is 5.32 Å². The molecule has 0 radical (unpaired) electrons. The van der Waals surface area contributed by atoms with Crippen molar-refractivity contribution in [3.63, 3.8) is 0 Å². The lowest BCUT2D eigenvalue weighted by molar-refractivity contribution is -0.142. The van der Waals surface area contributed by atoms with Crippen LogP contribution in [0.4, 0.5) is 0 Å². The number of carbonyl (C=O) groups is 1. The highest BCUT2D eigenvalue weighted by Gasteiger charge is 2.24. The summed E-state index contributed by atoms with van der Waals surface area (Å²) in [6.45, 7) is 6.38. The zero-order chi connectivity index (χ0) is 13.5. The highest BCUT2D eigenvalue weighted by molar-refractivity contribution is 5.73. The van der Waals surface area contributed by atoms with Crippen molar-refractivity contribution in [3.05, 3.63) is 0 Å². The van der Waals surface area contributed by atoms with E-state index in [-0.39, 0.29) is 18.8 Å². The van der Waals surface area contributed by atoms with E-state index in [1.165, 1.54) is 19.3 Å². The lowest BCUT2D eigenvalue weighted by Gasteiger charge is -2.29. The minimum atomic E-state index is -0.827. The van der Waals surface area contributed by atoms with Gasteiger partial charge in [0.1, 0.15) is 6.04 Å². The summed E-state index contributed by atoms with van der Waals surface area (Å²) in [5, 5.41) is 12.1. The smallest absolute Gasteiger partial charge is 0.323 e. The number of ether oxygens (including phenoxy) is 1. The largest absolute Gasteiger partial charge is 0.480 e. The Hall–Kier alpha value is -0.610. The van der Waals surface area contributed by atoms with Crippen LogP contribution in [0.25, 0.3) is 0 Å². The van der Waals surface area contributed by atoms with Crippen LogP contribution in [-0.2, 0) is 9.53 Å². The quantitative estimate of drug-likeness (QED) is 0.735. The molecule has 0 saturated heterocycles. The van der Waals surface area contributed by atoms with Gasteiger partial charge in [-0.2, -0.15) is 0 Å². The summed E-state index contributed by atoms with van der Waals surface area (Å²) >= 11 is 0. The second-order valence-corrected chi connectivity index (χ2v) is 5.61. The maximum atomic E-state index is 11.1. The lowest BCUT2D eigenvalue weighted by atomic mass is 9.85. The highest BCUT2D eigenvalue weighted by atomic mass is 16.5. The number of hydrogen-bond acceptors (Lipinski definition) is 3. The fraction of sp³-hybridized carbons (Fsp3) is 0.929. The Bertz CT molecular complexity index is 255. The van der Waals surface area contributed by atoms with Gasteiger partial charge in [0, 0.05) is 6.04 Å². The fourth-order valence-electron chi connectivity index (χ4n) is 2.59. The van der Waals surface area contributed by atoms with Gasteiger partial charge < -0.3 is 15.2 Å². The van der Waals surface area contributed by atoms with E-state index in [0.29, 0.717) is 0 Å². The zero-order valence-electron chi connectivity index (χ0n) is 11.8. The molecule has 1 rings (SSSR count). The first kappa shape index (κ1) is 15.4. The van der Waals surface area contributed by atoms with E-state index in [9.17, 15) is 4.79 Å². The summed E-state index contributed by atoms with van der Waals surface area (Å²) in [4.78, 5) is 11.1. The van der Waals surface area contributed by atoms with Crippen molar-refractivity contribution in [2.24, 2.45) is 5.92 Å². The zero-order valence-corrected chi connectivity index (χ0v) is 11.8. The molecule has 0 spiro atoms. The van der Waals surface area contributed by atoms with Crippen LogP contribution in [0.2, 0.25) is 0 Å². The normalized spacial score (nSPS) is 26.2. The third-order valence-corrected chi connectivity index (χ3v) is 3.64. The monoisotopic (exact) mass is 257 g/mol. The number of carboxylic acid groups (broad SMARTS) is 1. The summed E-state index contributed by atoms with van der Waals surface area (Å²) in [5.74, 6) is -0.0726. The third-order valence-electron chi connectivity index (χ3n) is 3.64. The van der Waals surface area contributed by atoms with Gasteiger partial charge in [-0.1, -0.05) is 40.0 Å². The minimum absolute atomic E-state index is 0.157. The van der Waals surface area contributed by atoms with Gasteiger partial charge in [-0.05, 0) is 18.8 Å². The van der Waals surface area contributed by atoms with Crippen molar-refractivity contribution < 1.29 is 14.6 Å². The van der Waals surface area contributed by atoms with Gasteiger partial charge in [-0.15, -0.1) is 0 Å². The maximum Gasteiger partial charge on any atom is 0.323 e. The SMILES string of the molecule is CCC1CCCC(OCC(NC(C)C)C(=O)O)C1. The Morgan fingerprint density at radius 2 is 2.17 bits per heavy atom. The molecule has 0 aromatic rings. The molecule has 2 N–H and O–H groups in total. The summed E-state index contributed by atoms with van der Waals surface area (Å²) in [6, 6.07) is -0.434. The summed E-state index contributed by atoms with van der Waals surface area (Å²) in [7, 11) is 0. The molecular formula is C14H27NO3. The molecule has 0 bridgehead atoms. The van der Waals surface area contributed by atoms with E-state index in [1.807, 2.05) is 13.8 Å². The molecule has 0 aromatic carbocycles. The number of carboxylic acids is 1. The molecule has 3 unspecified atom stereocenters. The minimum Gasteiger partial charge on any atom is -0.480 e.